The molecule has 0 N–H and O–H groups in total. The van der Waals surface area contributed by atoms with E-state index in [0.717, 1.165) is 15.6 Å². The van der Waals surface area contributed by atoms with Gasteiger partial charge in [-0.25, -0.2) is 8.42 Å². The van der Waals surface area contributed by atoms with E-state index in [2.05, 4.69) is 15.9 Å². The number of rotatable bonds is 3. The predicted molar refractivity (Wildman–Crippen MR) is 112 cm³/mol. The third kappa shape index (κ3) is 3.00. The first-order valence-electron chi connectivity index (χ1n) is 9.19. The molecule has 2 heterocycles. The Balaban J connectivity index is 1.67. The molecule has 0 radical (unpaired) electrons. The predicted octanol–water partition coefficient (Wildman–Crippen LogP) is 4.72. The molecule has 0 spiro atoms. The van der Waals surface area contributed by atoms with Gasteiger partial charge in [-0.2, -0.15) is 4.31 Å². The maximum atomic E-state index is 13.5. The number of hydrogen-bond acceptors (Lipinski definition) is 4. The topological polar surface area (TPSA) is 55.8 Å². The summed E-state index contributed by atoms with van der Waals surface area (Å²) >= 11 is 3.46. The second-order valence-electron chi connectivity index (χ2n) is 7.24. The van der Waals surface area contributed by atoms with Gasteiger partial charge < -0.3 is 9.47 Å². The molecule has 0 unspecified atom stereocenters. The first kappa shape index (κ1) is 18.8. The van der Waals surface area contributed by atoms with E-state index in [-0.39, 0.29) is 11.4 Å². The zero-order chi connectivity index (χ0) is 20.2. The number of benzene rings is 3. The number of halogens is 1. The molecule has 7 heteroatoms. The van der Waals surface area contributed by atoms with E-state index in [1.165, 1.54) is 4.31 Å². The second-order valence-corrected chi connectivity index (χ2v) is 10.0. The van der Waals surface area contributed by atoms with E-state index in [4.69, 9.17) is 9.47 Å². The van der Waals surface area contributed by atoms with Gasteiger partial charge in [0, 0.05) is 15.6 Å². The van der Waals surface area contributed by atoms with E-state index < -0.39 is 22.0 Å². The van der Waals surface area contributed by atoms with E-state index >= 15 is 0 Å². The van der Waals surface area contributed by atoms with Crippen LogP contribution in [-0.4, -0.2) is 19.3 Å². The smallest absolute Gasteiger partial charge is 0.253 e. The van der Waals surface area contributed by atoms with Crippen molar-refractivity contribution < 1.29 is 17.9 Å². The Morgan fingerprint density at radius 3 is 2.48 bits per heavy atom. The Morgan fingerprint density at radius 1 is 1.03 bits per heavy atom. The molecule has 0 aromatic heterocycles. The van der Waals surface area contributed by atoms with Gasteiger partial charge in [0.05, 0.1) is 11.4 Å². The van der Waals surface area contributed by atoms with Crippen LogP contribution in [-0.2, 0) is 20.5 Å². The summed E-state index contributed by atoms with van der Waals surface area (Å²) in [6.45, 7) is 1.98. The maximum Gasteiger partial charge on any atom is 0.253 e. The molecular weight excluding hydrogens is 454 g/mol. The second kappa shape index (κ2) is 6.67. The summed E-state index contributed by atoms with van der Waals surface area (Å²) in [6.07, 6.45) is -0.775. The first-order chi connectivity index (χ1) is 13.9. The molecule has 0 amide bonds. The van der Waals surface area contributed by atoms with Gasteiger partial charge in [-0.1, -0.05) is 64.0 Å². The van der Waals surface area contributed by atoms with Gasteiger partial charge in [-0.15, -0.1) is 0 Å². The lowest BCUT2D eigenvalue weighted by Gasteiger charge is -2.34. The molecule has 2 atom stereocenters. The van der Waals surface area contributed by atoms with Crippen molar-refractivity contribution >= 4 is 26.0 Å². The fourth-order valence-electron chi connectivity index (χ4n) is 3.79. The molecule has 148 valence electrons. The number of fused-ring (bicyclic) bond motifs is 4. The van der Waals surface area contributed by atoms with Gasteiger partial charge in [-0.05, 0) is 37.3 Å². The highest BCUT2D eigenvalue weighted by Crippen LogP contribution is 2.52. The van der Waals surface area contributed by atoms with Gasteiger partial charge in [0.15, 0.2) is 6.23 Å². The quantitative estimate of drug-likeness (QED) is 0.554. The van der Waals surface area contributed by atoms with E-state index in [9.17, 15) is 8.42 Å². The lowest BCUT2D eigenvalue weighted by molar-refractivity contribution is -0.194. The molecule has 1 saturated heterocycles. The van der Waals surface area contributed by atoms with Crippen LogP contribution in [0.3, 0.4) is 0 Å². The van der Waals surface area contributed by atoms with Crippen LogP contribution in [0.15, 0.2) is 82.2 Å². The zero-order valence-electron chi connectivity index (χ0n) is 15.6. The molecule has 5 rings (SSSR count). The van der Waals surface area contributed by atoms with Crippen molar-refractivity contribution in [2.75, 3.05) is 6.54 Å². The van der Waals surface area contributed by atoms with Gasteiger partial charge in [0.2, 0.25) is 10.0 Å². The molecule has 29 heavy (non-hydrogen) atoms. The van der Waals surface area contributed by atoms with Crippen molar-refractivity contribution in [3.05, 3.63) is 94.0 Å². The van der Waals surface area contributed by atoms with Crippen molar-refractivity contribution in [2.45, 2.75) is 23.8 Å². The van der Waals surface area contributed by atoms with Crippen molar-refractivity contribution in [1.82, 2.24) is 4.31 Å². The van der Waals surface area contributed by atoms with Crippen LogP contribution in [0.4, 0.5) is 0 Å². The van der Waals surface area contributed by atoms with Crippen molar-refractivity contribution in [3.63, 3.8) is 0 Å². The summed E-state index contributed by atoms with van der Waals surface area (Å²) in [5.41, 5.74) is 2.46. The Morgan fingerprint density at radius 2 is 1.76 bits per heavy atom. The minimum absolute atomic E-state index is 0.0597. The van der Waals surface area contributed by atoms with Gasteiger partial charge in [-0.3, -0.25) is 0 Å². The number of aryl methyl sites for hydroxylation is 1. The van der Waals surface area contributed by atoms with E-state index in [0.29, 0.717) is 11.3 Å². The molecule has 2 aliphatic rings. The van der Waals surface area contributed by atoms with Crippen LogP contribution in [0.25, 0.3) is 0 Å². The highest BCUT2D eigenvalue weighted by molar-refractivity contribution is 9.10. The maximum absolute atomic E-state index is 13.5. The van der Waals surface area contributed by atoms with Gasteiger partial charge in [0.1, 0.15) is 5.75 Å². The third-order valence-electron chi connectivity index (χ3n) is 5.28. The van der Waals surface area contributed by atoms with E-state index in [1.54, 1.807) is 24.3 Å². The highest BCUT2D eigenvalue weighted by atomic mass is 79.9. The average Bonchev–Trinajstić information content (AvgIpc) is 3.06. The minimum atomic E-state index is -3.80. The molecule has 3 aromatic carbocycles. The fraction of sp³-hybridized carbons (Fsp3) is 0.182. The van der Waals surface area contributed by atoms with Gasteiger partial charge in [0.25, 0.3) is 5.79 Å². The van der Waals surface area contributed by atoms with Gasteiger partial charge >= 0.3 is 0 Å². The van der Waals surface area contributed by atoms with Crippen LogP contribution in [0.5, 0.6) is 5.75 Å². The monoisotopic (exact) mass is 471 g/mol. The lowest BCUT2D eigenvalue weighted by atomic mass is 10.1. The molecule has 5 nitrogen and oxygen atoms in total. The summed E-state index contributed by atoms with van der Waals surface area (Å²) in [5.74, 6) is -0.570. The summed E-state index contributed by atoms with van der Waals surface area (Å²) in [7, 11) is -3.80. The molecule has 0 saturated carbocycles. The average molecular weight is 472 g/mol. The summed E-state index contributed by atoms with van der Waals surface area (Å²) < 4.78 is 41.9. The molecular formula is C22H18BrNO4S. The Bertz CT molecular complexity index is 1180. The number of nitrogens with zero attached hydrogens (tertiary/aromatic N) is 1. The molecule has 1 fully saturated rings. The first-order valence-corrected chi connectivity index (χ1v) is 11.4. The van der Waals surface area contributed by atoms with Crippen LogP contribution in [0.1, 0.15) is 22.9 Å². The molecule has 2 aliphatic heterocycles. The number of sulfonamides is 1. The summed E-state index contributed by atoms with van der Waals surface area (Å²) in [4.78, 5) is 0.235. The standard InChI is InChI=1S/C22H18BrNO4S/c1-15-7-10-18(11-8-15)29(25,26)24-14-22(16-5-3-2-4-6-16)27-20-12-9-17(23)13-19(20)21(24)28-22/h2-13,21H,14H2,1H3/t21-,22+/m1/s1. The van der Waals surface area contributed by atoms with Crippen LogP contribution >= 0.6 is 15.9 Å². The SMILES string of the molecule is Cc1ccc(S(=O)(=O)N2C[C@]3(c4ccccc4)Oc4ccc(Br)cc4[C@H]2O3)cc1. The summed E-state index contributed by atoms with van der Waals surface area (Å²) in [5, 5.41) is 0. The molecule has 0 aliphatic carbocycles. The normalized spacial score (nSPS) is 23.4. The lowest BCUT2D eigenvalue weighted by Crippen LogP contribution is -2.39. The zero-order valence-corrected chi connectivity index (χ0v) is 18.0. The van der Waals surface area contributed by atoms with Crippen molar-refractivity contribution in [3.8, 4) is 5.75 Å². The molecule has 2 bridgehead atoms. The number of hydrogen-bond donors (Lipinski definition) is 0. The van der Waals surface area contributed by atoms with E-state index in [1.807, 2.05) is 55.5 Å². The summed E-state index contributed by atoms with van der Waals surface area (Å²) in [6, 6.07) is 21.9. The Hall–Kier alpha value is -2.19. The van der Waals surface area contributed by atoms with Crippen molar-refractivity contribution in [2.24, 2.45) is 0 Å². The van der Waals surface area contributed by atoms with Crippen LogP contribution < -0.4 is 4.74 Å². The fourth-order valence-corrected chi connectivity index (χ4v) is 5.67. The van der Waals surface area contributed by atoms with Crippen molar-refractivity contribution in [1.29, 1.82) is 0 Å². The Labute approximate surface area is 178 Å². The highest BCUT2D eigenvalue weighted by Gasteiger charge is 2.57. The van der Waals surface area contributed by atoms with Crippen LogP contribution in [0.2, 0.25) is 0 Å². The molecule has 3 aromatic rings. The van der Waals surface area contributed by atoms with Crippen LogP contribution in [0, 0.1) is 6.92 Å². The Kier molecular flexibility index (Phi) is 4.33. The largest absolute Gasteiger partial charge is 0.456 e. The third-order valence-corrected chi connectivity index (χ3v) is 7.58. The minimum Gasteiger partial charge on any atom is -0.456 e. The number of ether oxygens (including phenoxy) is 2.